The van der Waals surface area contributed by atoms with E-state index in [2.05, 4.69) is 29.1 Å². The molecule has 0 aliphatic heterocycles. The van der Waals surface area contributed by atoms with Gasteiger partial charge in [-0.15, -0.1) is 0 Å². The Bertz CT molecular complexity index is 418. The molecule has 0 saturated heterocycles. The molecular weight excluding hydrogens is 254 g/mol. The lowest BCUT2D eigenvalue weighted by Gasteiger charge is -2.21. The summed E-state index contributed by atoms with van der Waals surface area (Å²) in [5, 5.41) is 21.7. The largest absolute Gasteiger partial charge is 0.507 e. The molecule has 1 rings (SSSR count). The number of anilines is 1. The van der Waals surface area contributed by atoms with E-state index < -0.39 is 0 Å². The van der Waals surface area contributed by atoms with Crippen LogP contribution in [-0.2, 0) is 0 Å². The molecule has 0 radical (unpaired) electrons. The maximum atomic E-state index is 10.0. The standard InChI is InChI=1S/C15H25N3O2/c1-3-18(4-2)14-6-5-13(15(20)11-14)12-17-8-7-16-9-10-19/h5-6,11-12,16,19-20H,3-4,7-10H2,1-2H3. The van der Waals surface area contributed by atoms with Crippen LogP contribution in [0.4, 0.5) is 5.69 Å². The lowest BCUT2D eigenvalue weighted by molar-refractivity contribution is 0.293. The van der Waals surface area contributed by atoms with Crippen molar-refractivity contribution in [2.75, 3.05) is 44.2 Å². The van der Waals surface area contributed by atoms with Gasteiger partial charge < -0.3 is 20.4 Å². The number of aromatic hydroxyl groups is 1. The highest BCUT2D eigenvalue weighted by atomic mass is 16.3. The van der Waals surface area contributed by atoms with E-state index in [1.807, 2.05) is 12.1 Å². The third-order valence-corrected chi connectivity index (χ3v) is 3.08. The van der Waals surface area contributed by atoms with Crippen LogP contribution in [0.25, 0.3) is 0 Å². The summed E-state index contributed by atoms with van der Waals surface area (Å²) in [6.07, 6.45) is 1.68. The van der Waals surface area contributed by atoms with E-state index in [9.17, 15) is 5.11 Å². The van der Waals surface area contributed by atoms with Gasteiger partial charge in [-0.3, -0.25) is 4.99 Å². The fraction of sp³-hybridized carbons (Fsp3) is 0.533. The Morgan fingerprint density at radius 1 is 1.25 bits per heavy atom. The molecule has 1 aromatic rings. The third-order valence-electron chi connectivity index (χ3n) is 3.08. The zero-order valence-corrected chi connectivity index (χ0v) is 12.3. The van der Waals surface area contributed by atoms with Crippen molar-refractivity contribution in [2.45, 2.75) is 13.8 Å². The lowest BCUT2D eigenvalue weighted by atomic mass is 10.2. The summed E-state index contributed by atoms with van der Waals surface area (Å²) in [5.41, 5.74) is 1.75. The minimum atomic E-state index is 0.136. The Labute approximate surface area is 121 Å². The van der Waals surface area contributed by atoms with Crippen molar-refractivity contribution in [3.8, 4) is 5.75 Å². The summed E-state index contributed by atoms with van der Waals surface area (Å²) in [5.74, 6) is 0.251. The van der Waals surface area contributed by atoms with Gasteiger partial charge in [0.25, 0.3) is 0 Å². The first-order valence-electron chi connectivity index (χ1n) is 7.12. The molecule has 0 amide bonds. The monoisotopic (exact) mass is 279 g/mol. The maximum absolute atomic E-state index is 10.0. The van der Waals surface area contributed by atoms with Crippen molar-refractivity contribution in [3.63, 3.8) is 0 Å². The van der Waals surface area contributed by atoms with E-state index >= 15 is 0 Å². The molecule has 112 valence electrons. The number of nitrogens with one attached hydrogen (secondary N) is 1. The van der Waals surface area contributed by atoms with Crippen molar-refractivity contribution < 1.29 is 10.2 Å². The van der Waals surface area contributed by atoms with Crippen LogP contribution in [0, 0.1) is 0 Å². The van der Waals surface area contributed by atoms with Crippen molar-refractivity contribution in [1.82, 2.24) is 5.32 Å². The number of aliphatic imine (C=N–C) groups is 1. The number of phenolic OH excluding ortho intramolecular Hbond substituents is 1. The van der Waals surface area contributed by atoms with Crippen molar-refractivity contribution in [3.05, 3.63) is 23.8 Å². The molecule has 5 heteroatoms. The summed E-state index contributed by atoms with van der Waals surface area (Å²) in [4.78, 5) is 6.43. The zero-order valence-electron chi connectivity index (χ0n) is 12.3. The second-order valence-corrected chi connectivity index (χ2v) is 4.42. The number of phenols is 1. The number of benzene rings is 1. The summed E-state index contributed by atoms with van der Waals surface area (Å²) in [7, 11) is 0. The third kappa shape index (κ3) is 5.19. The minimum absolute atomic E-state index is 0.136. The van der Waals surface area contributed by atoms with Gasteiger partial charge in [0, 0.05) is 49.7 Å². The van der Waals surface area contributed by atoms with E-state index in [0.717, 1.165) is 30.9 Å². The van der Waals surface area contributed by atoms with Gasteiger partial charge in [0.2, 0.25) is 0 Å². The van der Waals surface area contributed by atoms with Gasteiger partial charge in [-0.1, -0.05) is 0 Å². The van der Waals surface area contributed by atoms with Gasteiger partial charge in [0.1, 0.15) is 5.75 Å². The zero-order chi connectivity index (χ0) is 14.8. The summed E-state index contributed by atoms with van der Waals surface area (Å²) in [6, 6.07) is 5.66. The quantitative estimate of drug-likeness (QED) is 0.470. The molecule has 0 heterocycles. The highest BCUT2D eigenvalue weighted by Gasteiger charge is 2.05. The highest BCUT2D eigenvalue weighted by Crippen LogP contribution is 2.23. The number of hydrogen-bond acceptors (Lipinski definition) is 5. The van der Waals surface area contributed by atoms with E-state index in [1.54, 1.807) is 12.3 Å². The van der Waals surface area contributed by atoms with Crippen molar-refractivity contribution in [1.29, 1.82) is 0 Å². The van der Waals surface area contributed by atoms with Crippen molar-refractivity contribution >= 4 is 11.9 Å². The first kappa shape index (κ1) is 16.5. The smallest absolute Gasteiger partial charge is 0.126 e. The van der Waals surface area contributed by atoms with Crippen LogP contribution < -0.4 is 10.2 Å². The molecule has 0 aromatic heterocycles. The average Bonchev–Trinajstić information content (AvgIpc) is 2.46. The van der Waals surface area contributed by atoms with Crippen LogP contribution in [-0.4, -0.2) is 55.8 Å². The molecule has 0 aliphatic carbocycles. The van der Waals surface area contributed by atoms with Gasteiger partial charge in [0.15, 0.2) is 0 Å². The molecule has 20 heavy (non-hydrogen) atoms. The molecule has 0 unspecified atom stereocenters. The molecule has 0 saturated carbocycles. The van der Waals surface area contributed by atoms with E-state index in [4.69, 9.17) is 5.11 Å². The second-order valence-electron chi connectivity index (χ2n) is 4.42. The van der Waals surface area contributed by atoms with E-state index in [1.165, 1.54) is 0 Å². The van der Waals surface area contributed by atoms with Gasteiger partial charge in [0.05, 0.1) is 13.2 Å². The Hall–Kier alpha value is -1.59. The van der Waals surface area contributed by atoms with Crippen molar-refractivity contribution in [2.24, 2.45) is 4.99 Å². The Morgan fingerprint density at radius 2 is 2.00 bits per heavy atom. The summed E-state index contributed by atoms with van der Waals surface area (Å²) >= 11 is 0. The van der Waals surface area contributed by atoms with Gasteiger partial charge in [-0.2, -0.15) is 0 Å². The molecule has 0 aliphatic rings. The van der Waals surface area contributed by atoms with Gasteiger partial charge in [-0.05, 0) is 26.0 Å². The molecular formula is C15H25N3O2. The minimum Gasteiger partial charge on any atom is -0.507 e. The van der Waals surface area contributed by atoms with Gasteiger partial charge in [-0.25, -0.2) is 0 Å². The second kappa shape index (κ2) is 9.34. The predicted octanol–water partition coefficient (Wildman–Crippen LogP) is 1.24. The normalized spacial score (nSPS) is 11.2. The maximum Gasteiger partial charge on any atom is 0.126 e. The van der Waals surface area contributed by atoms with Crippen LogP contribution in [0.2, 0.25) is 0 Å². The molecule has 3 N–H and O–H groups in total. The summed E-state index contributed by atoms with van der Waals surface area (Å²) in [6.45, 7) is 8.08. The Kier molecular flexibility index (Phi) is 7.69. The van der Waals surface area contributed by atoms with E-state index in [0.29, 0.717) is 13.1 Å². The average molecular weight is 279 g/mol. The van der Waals surface area contributed by atoms with Crippen LogP contribution in [0.3, 0.4) is 0 Å². The molecule has 5 nitrogen and oxygen atoms in total. The SMILES string of the molecule is CCN(CC)c1ccc(C=NCCNCCO)c(O)c1. The number of hydrogen-bond donors (Lipinski definition) is 3. The van der Waals surface area contributed by atoms with Crippen LogP contribution >= 0.6 is 0 Å². The fourth-order valence-corrected chi connectivity index (χ4v) is 1.94. The molecule has 0 bridgehead atoms. The number of rotatable bonds is 9. The topological polar surface area (TPSA) is 68.1 Å². The van der Waals surface area contributed by atoms with E-state index in [-0.39, 0.29) is 12.4 Å². The number of aliphatic hydroxyl groups excluding tert-OH is 1. The lowest BCUT2D eigenvalue weighted by Crippen LogP contribution is -2.21. The molecule has 0 spiro atoms. The first-order chi connectivity index (χ1) is 9.72. The van der Waals surface area contributed by atoms with Gasteiger partial charge >= 0.3 is 0 Å². The Morgan fingerprint density at radius 3 is 2.60 bits per heavy atom. The highest BCUT2D eigenvalue weighted by molar-refractivity contribution is 5.84. The predicted molar refractivity (Wildman–Crippen MR) is 84.1 cm³/mol. The fourth-order valence-electron chi connectivity index (χ4n) is 1.94. The van der Waals surface area contributed by atoms with Crippen LogP contribution in [0.5, 0.6) is 5.75 Å². The molecule has 1 aromatic carbocycles. The first-order valence-corrected chi connectivity index (χ1v) is 7.12. The number of nitrogens with zero attached hydrogens (tertiary/aromatic N) is 2. The number of aliphatic hydroxyl groups is 1. The molecule has 0 atom stereocenters. The summed E-state index contributed by atoms with van der Waals surface area (Å²) < 4.78 is 0. The van der Waals surface area contributed by atoms with Crippen LogP contribution in [0.1, 0.15) is 19.4 Å². The van der Waals surface area contributed by atoms with Crippen LogP contribution in [0.15, 0.2) is 23.2 Å². The Balaban J connectivity index is 2.57. The molecule has 0 fully saturated rings.